The van der Waals surface area contributed by atoms with Crippen LogP contribution in [0.2, 0.25) is 5.02 Å². The monoisotopic (exact) mass is 552 g/mol. The summed E-state index contributed by atoms with van der Waals surface area (Å²) in [6.45, 7) is 1.59. The average Bonchev–Trinajstić information content (AvgIpc) is 3.66. The van der Waals surface area contributed by atoms with Gasteiger partial charge in [0.25, 0.3) is 0 Å². The first-order chi connectivity index (χ1) is 18.7. The number of carbonyl (C=O) groups excluding carboxylic acids is 3. The van der Waals surface area contributed by atoms with E-state index in [9.17, 15) is 24.6 Å². The van der Waals surface area contributed by atoms with E-state index in [4.69, 9.17) is 21.1 Å². The molecule has 2 aromatic carbocycles. The number of phenolic OH excluding ortho intramolecular Hbond substituents is 1. The number of ketones is 1. The van der Waals surface area contributed by atoms with Gasteiger partial charge in [-0.2, -0.15) is 0 Å². The van der Waals surface area contributed by atoms with Crippen LogP contribution in [0.3, 0.4) is 0 Å². The van der Waals surface area contributed by atoms with Gasteiger partial charge in [-0.15, -0.1) is 0 Å². The van der Waals surface area contributed by atoms with Crippen molar-refractivity contribution in [3.05, 3.63) is 52.0 Å². The van der Waals surface area contributed by atoms with Crippen molar-refractivity contribution in [1.29, 1.82) is 0 Å². The summed E-state index contributed by atoms with van der Waals surface area (Å²) in [4.78, 5) is 41.8. The van der Waals surface area contributed by atoms with E-state index in [-0.39, 0.29) is 40.2 Å². The molecule has 204 valence electrons. The molecule has 1 amide bonds. The summed E-state index contributed by atoms with van der Waals surface area (Å²) in [6, 6.07) is 7.51. The van der Waals surface area contributed by atoms with Gasteiger partial charge in [-0.05, 0) is 74.4 Å². The summed E-state index contributed by atoms with van der Waals surface area (Å²) >= 11 is 6.34. The molecule has 5 aliphatic rings. The Morgan fingerprint density at radius 2 is 2.05 bits per heavy atom. The van der Waals surface area contributed by atoms with Crippen LogP contribution in [0.25, 0.3) is 0 Å². The van der Waals surface area contributed by atoms with Crippen LogP contribution in [0.1, 0.15) is 47.2 Å². The van der Waals surface area contributed by atoms with Crippen LogP contribution in [0.15, 0.2) is 30.3 Å². The largest absolute Gasteiger partial charge is 0.504 e. The number of esters is 1. The predicted octanol–water partition coefficient (Wildman–Crippen LogP) is 2.83. The molecule has 7 rings (SSSR count). The molecule has 2 heterocycles. The van der Waals surface area contributed by atoms with Gasteiger partial charge in [0, 0.05) is 18.2 Å². The van der Waals surface area contributed by atoms with E-state index in [1.807, 2.05) is 6.07 Å². The molecule has 3 fully saturated rings. The second-order valence-corrected chi connectivity index (χ2v) is 12.0. The van der Waals surface area contributed by atoms with Crippen LogP contribution in [0.5, 0.6) is 11.5 Å². The first kappa shape index (κ1) is 24.9. The minimum atomic E-state index is -1.41. The number of ether oxygens (including phenoxy) is 2. The number of methoxy groups -OCH3 is 1. The second-order valence-electron chi connectivity index (χ2n) is 11.6. The Kier molecular flexibility index (Phi) is 5.37. The van der Waals surface area contributed by atoms with Gasteiger partial charge < -0.3 is 25.0 Å². The lowest BCUT2D eigenvalue weighted by molar-refractivity contribution is -0.197. The van der Waals surface area contributed by atoms with Crippen LogP contribution in [0.4, 0.5) is 5.69 Å². The number of nitrogens with zero attached hydrogens (tertiary/aromatic N) is 1. The van der Waals surface area contributed by atoms with Crippen LogP contribution >= 0.6 is 11.6 Å². The molecule has 0 aromatic heterocycles. The second kappa shape index (κ2) is 8.43. The van der Waals surface area contributed by atoms with Crippen molar-refractivity contribution in [2.45, 2.75) is 55.3 Å². The lowest BCUT2D eigenvalue weighted by Gasteiger charge is -2.63. The molecular formula is C29H29ClN2O7. The molecule has 0 radical (unpaired) electrons. The number of hydrogen-bond acceptors (Lipinski definition) is 8. The maximum atomic E-state index is 14.0. The summed E-state index contributed by atoms with van der Waals surface area (Å²) in [5, 5.41) is 26.2. The Morgan fingerprint density at radius 1 is 1.26 bits per heavy atom. The number of anilines is 1. The number of nitrogens with one attached hydrogen (secondary N) is 1. The summed E-state index contributed by atoms with van der Waals surface area (Å²) in [5.74, 6) is -1.98. The van der Waals surface area contributed by atoms with Gasteiger partial charge in [-0.1, -0.05) is 17.7 Å². The molecule has 1 saturated heterocycles. The topological polar surface area (TPSA) is 125 Å². The summed E-state index contributed by atoms with van der Waals surface area (Å²) in [5.41, 5.74) is -0.258. The number of halogens is 1. The number of likely N-dealkylation sites (tertiary alicyclic amines) is 1. The number of phenols is 1. The zero-order valence-electron chi connectivity index (χ0n) is 21.4. The third kappa shape index (κ3) is 3.36. The Balaban J connectivity index is 1.26. The van der Waals surface area contributed by atoms with Gasteiger partial charge >= 0.3 is 5.97 Å². The molecule has 5 atom stereocenters. The number of carbonyl (C=O) groups is 3. The molecule has 3 N–H and O–H groups in total. The molecule has 2 aromatic rings. The van der Waals surface area contributed by atoms with Crippen molar-refractivity contribution in [3.8, 4) is 11.5 Å². The Bertz CT molecular complexity index is 1440. The quantitative estimate of drug-likeness (QED) is 0.382. The van der Waals surface area contributed by atoms with Crippen LogP contribution < -0.4 is 10.1 Å². The van der Waals surface area contributed by atoms with Crippen molar-refractivity contribution < 1.29 is 34.1 Å². The summed E-state index contributed by atoms with van der Waals surface area (Å²) in [6.07, 6.45) is 2.25. The van der Waals surface area contributed by atoms with Gasteiger partial charge in [-0.3, -0.25) is 14.5 Å². The third-order valence-corrected chi connectivity index (χ3v) is 9.91. The fraction of sp³-hybridized carbons (Fsp3) is 0.483. The van der Waals surface area contributed by atoms with Gasteiger partial charge in [-0.25, -0.2) is 4.79 Å². The van der Waals surface area contributed by atoms with E-state index in [1.165, 1.54) is 38.2 Å². The van der Waals surface area contributed by atoms with Gasteiger partial charge in [0.05, 0.1) is 34.4 Å². The number of rotatable bonds is 5. The fourth-order valence-electron chi connectivity index (χ4n) is 7.61. The molecule has 10 heteroatoms. The van der Waals surface area contributed by atoms with Crippen LogP contribution in [0, 0.1) is 11.8 Å². The molecule has 1 unspecified atom stereocenters. The first-order valence-electron chi connectivity index (χ1n) is 13.4. The summed E-state index contributed by atoms with van der Waals surface area (Å²) in [7, 11) is 1.26. The molecule has 1 spiro atoms. The van der Waals surface area contributed by atoms with E-state index >= 15 is 0 Å². The smallest absolute Gasteiger partial charge is 0.337 e. The van der Waals surface area contributed by atoms with Crippen molar-refractivity contribution >= 4 is 34.9 Å². The minimum absolute atomic E-state index is 0.0598. The number of amides is 1. The van der Waals surface area contributed by atoms with E-state index in [1.54, 1.807) is 6.07 Å². The number of hydrogen-bond donors (Lipinski definition) is 3. The molecular weight excluding hydrogens is 524 g/mol. The van der Waals surface area contributed by atoms with Crippen LogP contribution in [-0.2, 0) is 26.2 Å². The number of benzene rings is 2. The SMILES string of the molecule is COC(=O)c1ccc(NC(=O)C2C[C@@]3(O)[C@H]4Cc5ccc(O)c6c5[C@@]3(CCN4CC3CC3)[C@@H](O6)C2=O)c(Cl)c1. The summed E-state index contributed by atoms with van der Waals surface area (Å²) < 4.78 is 10.9. The van der Waals surface area contributed by atoms with Crippen molar-refractivity contribution in [3.63, 3.8) is 0 Å². The molecule has 2 bridgehead atoms. The number of aromatic hydroxyl groups is 1. The molecule has 2 saturated carbocycles. The van der Waals surface area contributed by atoms with Crippen molar-refractivity contribution in [2.24, 2.45) is 11.8 Å². The Hall–Kier alpha value is -3.14. The zero-order chi connectivity index (χ0) is 27.3. The highest BCUT2D eigenvalue weighted by Gasteiger charge is 2.75. The third-order valence-electron chi connectivity index (χ3n) is 9.60. The minimum Gasteiger partial charge on any atom is -0.504 e. The highest BCUT2D eigenvalue weighted by atomic mass is 35.5. The van der Waals surface area contributed by atoms with Crippen LogP contribution in [-0.4, -0.2) is 70.7 Å². The Labute approximate surface area is 230 Å². The van der Waals surface area contributed by atoms with Gasteiger partial charge in [0.15, 0.2) is 23.4 Å². The number of aliphatic hydroxyl groups is 1. The highest BCUT2D eigenvalue weighted by molar-refractivity contribution is 6.34. The fourth-order valence-corrected chi connectivity index (χ4v) is 7.83. The highest BCUT2D eigenvalue weighted by Crippen LogP contribution is 2.65. The normalized spacial score (nSPS) is 32.3. The number of piperidine rings is 1. The van der Waals surface area contributed by atoms with E-state index < -0.39 is 40.7 Å². The Morgan fingerprint density at radius 3 is 2.77 bits per heavy atom. The number of Topliss-reactive ketones (excluding diaryl/α,β-unsaturated/α-hetero) is 1. The van der Waals surface area contributed by atoms with Gasteiger partial charge in [0.2, 0.25) is 5.91 Å². The average molecular weight is 553 g/mol. The zero-order valence-corrected chi connectivity index (χ0v) is 22.2. The lowest BCUT2D eigenvalue weighted by Crippen LogP contribution is -2.78. The van der Waals surface area contributed by atoms with Crippen molar-refractivity contribution in [2.75, 3.05) is 25.5 Å². The maximum absolute atomic E-state index is 14.0. The predicted molar refractivity (Wildman–Crippen MR) is 140 cm³/mol. The standard InChI is InChI=1S/C29H29ClN2O7/c1-38-27(36)16-4-6-19(18(30)10-16)31-26(35)17-12-29(37)21-11-15-5-7-20(33)24-22(15)28(29,25(39-24)23(17)34)8-9-32(21)13-14-2-3-14/h4-7,10,14,17,21,25,33,37H,2-3,8-9,11-13H2,1H3,(H,31,35)/t17?,21-,25+,28+,29-/m1/s1. The molecule has 9 nitrogen and oxygen atoms in total. The first-order valence-corrected chi connectivity index (χ1v) is 13.8. The van der Waals surface area contributed by atoms with E-state index in [2.05, 4.69) is 10.2 Å². The molecule has 2 aliphatic heterocycles. The van der Waals surface area contributed by atoms with Gasteiger partial charge in [0.1, 0.15) is 5.92 Å². The molecule has 3 aliphatic carbocycles. The maximum Gasteiger partial charge on any atom is 0.337 e. The van der Waals surface area contributed by atoms with Crippen molar-refractivity contribution in [1.82, 2.24) is 4.90 Å². The molecule has 39 heavy (non-hydrogen) atoms. The van der Waals surface area contributed by atoms with E-state index in [0.717, 1.165) is 17.7 Å². The lowest BCUT2D eigenvalue weighted by atomic mass is 9.47. The van der Waals surface area contributed by atoms with E-state index in [0.29, 0.717) is 25.3 Å².